The number of nitrogens with two attached hydrogens (primary N) is 1. The third-order valence-electron chi connectivity index (χ3n) is 2.71. The number of rotatable bonds is 3. The molecule has 0 radical (unpaired) electrons. The highest BCUT2D eigenvalue weighted by atomic mass is 32.2. The van der Waals surface area contributed by atoms with Gasteiger partial charge in [0.25, 0.3) is 0 Å². The number of nitrogens with zero attached hydrogens (tertiary/aromatic N) is 3. The molecule has 2 heterocycles. The maximum absolute atomic E-state index is 7.42. The lowest BCUT2D eigenvalue weighted by atomic mass is 10.2. The van der Waals surface area contributed by atoms with E-state index in [0.29, 0.717) is 5.69 Å². The van der Waals surface area contributed by atoms with Crippen LogP contribution in [0.3, 0.4) is 0 Å². The molecule has 3 N–H and O–H groups in total. The first kappa shape index (κ1) is 12.6. The van der Waals surface area contributed by atoms with Gasteiger partial charge in [0.05, 0.1) is 5.52 Å². The van der Waals surface area contributed by atoms with Crippen LogP contribution in [0.2, 0.25) is 0 Å². The molecule has 0 unspecified atom stereocenters. The van der Waals surface area contributed by atoms with E-state index in [9.17, 15) is 0 Å². The fourth-order valence-electron chi connectivity index (χ4n) is 1.78. The molecule has 0 aliphatic rings. The Bertz CT molecular complexity index is 782. The summed E-state index contributed by atoms with van der Waals surface area (Å²) in [6, 6.07) is 13.2. The van der Waals surface area contributed by atoms with E-state index in [2.05, 4.69) is 15.0 Å². The van der Waals surface area contributed by atoms with Crippen molar-refractivity contribution in [2.45, 2.75) is 10.1 Å². The Morgan fingerprint density at radius 3 is 2.75 bits per heavy atom. The Hall–Kier alpha value is -2.47. The molecule has 5 nitrogen and oxygen atoms in total. The summed E-state index contributed by atoms with van der Waals surface area (Å²) in [6.45, 7) is 0. The monoisotopic (exact) mass is 281 g/mol. The predicted molar refractivity (Wildman–Crippen MR) is 78.9 cm³/mol. The van der Waals surface area contributed by atoms with Gasteiger partial charge in [0.15, 0.2) is 0 Å². The van der Waals surface area contributed by atoms with Crippen molar-refractivity contribution in [2.75, 3.05) is 0 Å². The molecular weight excluding hydrogens is 270 g/mol. The van der Waals surface area contributed by atoms with Crippen LogP contribution in [0.5, 0.6) is 0 Å². The first-order valence-corrected chi connectivity index (χ1v) is 6.75. The number of amidine groups is 1. The molecule has 20 heavy (non-hydrogen) atoms. The second-order valence-electron chi connectivity index (χ2n) is 4.07. The van der Waals surface area contributed by atoms with Gasteiger partial charge in [-0.15, -0.1) is 0 Å². The normalized spacial score (nSPS) is 10.6. The number of pyridine rings is 1. The van der Waals surface area contributed by atoms with Gasteiger partial charge in [0.2, 0.25) is 0 Å². The molecule has 0 amide bonds. The lowest BCUT2D eigenvalue weighted by molar-refractivity contribution is 1.07. The van der Waals surface area contributed by atoms with Gasteiger partial charge in [0.1, 0.15) is 27.9 Å². The van der Waals surface area contributed by atoms with Crippen molar-refractivity contribution in [3.05, 3.63) is 54.5 Å². The maximum atomic E-state index is 7.42. The van der Waals surface area contributed by atoms with E-state index in [0.717, 1.165) is 21.0 Å². The van der Waals surface area contributed by atoms with Gasteiger partial charge < -0.3 is 5.73 Å². The molecule has 0 atom stereocenters. The van der Waals surface area contributed by atoms with Gasteiger partial charge in [-0.3, -0.25) is 5.41 Å². The van der Waals surface area contributed by atoms with Crippen molar-refractivity contribution in [2.24, 2.45) is 5.73 Å². The molecule has 0 aliphatic heterocycles. The number of nitrogen functional groups attached to an aromatic ring is 1. The summed E-state index contributed by atoms with van der Waals surface area (Å²) in [4.78, 5) is 12.9. The van der Waals surface area contributed by atoms with Gasteiger partial charge in [-0.1, -0.05) is 24.3 Å². The lowest BCUT2D eigenvalue weighted by Gasteiger charge is -2.05. The second kappa shape index (κ2) is 5.26. The molecule has 98 valence electrons. The quantitative estimate of drug-likeness (QED) is 0.437. The van der Waals surface area contributed by atoms with Crippen molar-refractivity contribution in [3.63, 3.8) is 0 Å². The molecule has 0 aliphatic carbocycles. The summed E-state index contributed by atoms with van der Waals surface area (Å²) in [5.74, 6) is -0.0417. The van der Waals surface area contributed by atoms with E-state index >= 15 is 0 Å². The van der Waals surface area contributed by atoms with Crippen LogP contribution in [0.1, 0.15) is 5.69 Å². The first-order chi connectivity index (χ1) is 9.74. The average Bonchev–Trinajstić information content (AvgIpc) is 2.48. The largest absolute Gasteiger partial charge is 0.382 e. The number of fused-ring (bicyclic) bond motifs is 1. The standard InChI is InChI=1S/C14H11N5S/c15-13(16)11-6-3-7-12(19-11)20-14-9-4-1-2-5-10(9)17-8-18-14/h1-8H,(H3,15,16). The average molecular weight is 281 g/mol. The summed E-state index contributed by atoms with van der Waals surface area (Å²) in [5.41, 5.74) is 6.81. The van der Waals surface area contributed by atoms with Crippen LogP contribution in [-0.4, -0.2) is 20.8 Å². The number of hydrogen-bond acceptors (Lipinski definition) is 5. The Morgan fingerprint density at radius 1 is 1.05 bits per heavy atom. The van der Waals surface area contributed by atoms with Crippen LogP contribution in [0.25, 0.3) is 10.9 Å². The molecule has 3 aromatic rings. The molecule has 0 bridgehead atoms. The Labute approximate surface area is 119 Å². The Kier molecular flexibility index (Phi) is 3.30. The second-order valence-corrected chi connectivity index (χ2v) is 5.08. The zero-order valence-corrected chi connectivity index (χ0v) is 11.3. The summed E-state index contributed by atoms with van der Waals surface area (Å²) >= 11 is 1.43. The van der Waals surface area contributed by atoms with Crippen molar-refractivity contribution in [1.29, 1.82) is 5.41 Å². The third kappa shape index (κ3) is 2.46. The summed E-state index contributed by atoms with van der Waals surface area (Å²) in [5, 5.41) is 9.99. The zero-order valence-electron chi connectivity index (χ0n) is 10.4. The number of hydrogen-bond donors (Lipinski definition) is 2. The van der Waals surface area contributed by atoms with Gasteiger partial charge >= 0.3 is 0 Å². The van der Waals surface area contributed by atoms with Gasteiger partial charge in [-0.25, -0.2) is 15.0 Å². The number of benzene rings is 1. The number of para-hydroxylation sites is 1. The third-order valence-corrected chi connectivity index (χ3v) is 3.66. The van der Waals surface area contributed by atoms with E-state index in [-0.39, 0.29) is 5.84 Å². The van der Waals surface area contributed by atoms with Gasteiger partial charge in [0, 0.05) is 5.39 Å². The van der Waals surface area contributed by atoms with Crippen LogP contribution < -0.4 is 5.73 Å². The summed E-state index contributed by atoms with van der Waals surface area (Å²) in [6.07, 6.45) is 1.54. The highest BCUT2D eigenvalue weighted by molar-refractivity contribution is 7.99. The van der Waals surface area contributed by atoms with Crippen molar-refractivity contribution in [3.8, 4) is 0 Å². The van der Waals surface area contributed by atoms with Crippen LogP contribution in [0.15, 0.2) is 58.8 Å². The first-order valence-electron chi connectivity index (χ1n) is 5.93. The van der Waals surface area contributed by atoms with Crippen LogP contribution >= 0.6 is 11.8 Å². The van der Waals surface area contributed by atoms with Gasteiger partial charge in [-0.2, -0.15) is 0 Å². The zero-order chi connectivity index (χ0) is 13.9. The SMILES string of the molecule is N=C(N)c1cccc(Sc2ncnc3ccccc23)n1. The molecule has 2 aromatic heterocycles. The topological polar surface area (TPSA) is 88.5 Å². The number of nitrogens with one attached hydrogen (secondary N) is 1. The van der Waals surface area contributed by atoms with E-state index in [4.69, 9.17) is 11.1 Å². The molecule has 6 heteroatoms. The van der Waals surface area contributed by atoms with E-state index in [1.807, 2.05) is 36.4 Å². The van der Waals surface area contributed by atoms with E-state index in [1.165, 1.54) is 11.8 Å². The number of aromatic nitrogens is 3. The molecule has 0 spiro atoms. The smallest absolute Gasteiger partial charge is 0.141 e. The minimum absolute atomic E-state index is 0.0417. The van der Waals surface area contributed by atoms with Crippen molar-refractivity contribution in [1.82, 2.24) is 15.0 Å². The maximum Gasteiger partial charge on any atom is 0.141 e. The fourth-order valence-corrected chi connectivity index (χ4v) is 2.65. The predicted octanol–water partition coefficient (Wildman–Crippen LogP) is 2.46. The van der Waals surface area contributed by atoms with Gasteiger partial charge in [-0.05, 0) is 30.0 Å². The van der Waals surface area contributed by atoms with Crippen LogP contribution in [-0.2, 0) is 0 Å². The molecule has 1 aromatic carbocycles. The molecule has 0 saturated carbocycles. The lowest BCUT2D eigenvalue weighted by Crippen LogP contribution is -2.13. The van der Waals surface area contributed by atoms with E-state index in [1.54, 1.807) is 12.4 Å². The minimum Gasteiger partial charge on any atom is -0.382 e. The van der Waals surface area contributed by atoms with Crippen molar-refractivity contribution < 1.29 is 0 Å². The summed E-state index contributed by atoms with van der Waals surface area (Å²) < 4.78 is 0. The van der Waals surface area contributed by atoms with Crippen LogP contribution in [0, 0.1) is 5.41 Å². The van der Waals surface area contributed by atoms with E-state index < -0.39 is 0 Å². The Balaban J connectivity index is 2.01. The summed E-state index contributed by atoms with van der Waals surface area (Å²) in [7, 11) is 0. The molecule has 0 saturated heterocycles. The fraction of sp³-hybridized carbons (Fsp3) is 0. The highest BCUT2D eigenvalue weighted by Crippen LogP contribution is 2.29. The molecule has 3 rings (SSSR count). The molecule has 0 fully saturated rings. The van der Waals surface area contributed by atoms with Crippen molar-refractivity contribution >= 4 is 28.5 Å². The molecular formula is C14H11N5S. The Morgan fingerprint density at radius 2 is 1.90 bits per heavy atom. The van der Waals surface area contributed by atoms with Crippen LogP contribution in [0.4, 0.5) is 0 Å². The minimum atomic E-state index is -0.0417. The highest BCUT2D eigenvalue weighted by Gasteiger charge is 2.07.